The number of carbonyl (C=O) groups is 1. The number of imidazole rings is 1. The lowest BCUT2D eigenvalue weighted by Gasteiger charge is -2.20. The fourth-order valence-electron chi connectivity index (χ4n) is 3.63. The number of hydrogen-bond acceptors (Lipinski definition) is 5. The first kappa shape index (κ1) is 19.0. The predicted octanol–water partition coefficient (Wildman–Crippen LogP) is 4.34. The number of nitrogens with one attached hydrogen (secondary N) is 1. The SMILES string of the molecule is COc1ccc(-c2cn3ccc(C)cc3n2)cc1NC(=O)c1cccc2c1OCCO2. The van der Waals surface area contributed by atoms with E-state index in [4.69, 9.17) is 19.2 Å². The van der Waals surface area contributed by atoms with Gasteiger partial charge >= 0.3 is 0 Å². The molecule has 1 aliphatic heterocycles. The fourth-order valence-corrected chi connectivity index (χ4v) is 3.63. The van der Waals surface area contributed by atoms with Gasteiger partial charge in [-0.15, -0.1) is 0 Å². The van der Waals surface area contributed by atoms with Crippen LogP contribution in [0, 0.1) is 6.92 Å². The van der Waals surface area contributed by atoms with E-state index in [2.05, 4.69) is 5.32 Å². The van der Waals surface area contributed by atoms with Crippen molar-refractivity contribution in [1.82, 2.24) is 9.38 Å². The standard InChI is InChI=1S/C24H21N3O4/c1-15-8-9-27-14-19(25-22(27)12-15)16-6-7-20(29-2)18(13-16)26-24(28)17-4-3-5-21-23(17)31-11-10-30-21/h3-9,12-14H,10-11H2,1-2H3,(H,26,28). The Hall–Kier alpha value is -4.00. The summed E-state index contributed by atoms with van der Waals surface area (Å²) >= 11 is 0. The Balaban J connectivity index is 1.49. The highest BCUT2D eigenvalue weighted by molar-refractivity contribution is 6.07. The van der Waals surface area contributed by atoms with E-state index in [1.54, 1.807) is 25.3 Å². The number of hydrogen-bond donors (Lipinski definition) is 1. The van der Waals surface area contributed by atoms with Crippen LogP contribution >= 0.6 is 0 Å². The summed E-state index contributed by atoms with van der Waals surface area (Å²) in [5.74, 6) is 1.28. The largest absolute Gasteiger partial charge is 0.495 e. The van der Waals surface area contributed by atoms with Crippen molar-refractivity contribution in [2.45, 2.75) is 6.92 Å². The third kappa shape index (κ3) is 3.54. The Morgan fingerprint density at radius 1 is 1.13 bits per heavy atom. The summed E-state index contributed by atoms with van der Waals surface area (Å²) in [6.07, 6.45) is 3.94. The number of pyridine rings is 1. The molecule has 0 aliphatic carbocycles. The molecule has 7 nitrogen and oxygen atoms in total. The lowest BCUT2D eigenvalue weighted by molar-refractivity contribution is 0.101. The predicted molar refractivity (Wildman–Crippen MR) is 117 cm³/mol. The molecule has 5 rings (SSSR count). The minimum absolute atomic E-state index is 0.302. The third-order valence-electron chi connectivity index (χ3n) is 5.17. The molecule has 2 aromatic carbocycles. The van der Waals surface area contributed by atoms with Crippen molar-refractivity contribution >= 4 is 17.2 Å². The summed E-state index contributed by atoms with van der Waals surface area (Å²) in [7, 11) is 1.57. The minimum atomic E-state index is -0.302. The molecule has 0 unspecified atom stereocenters. The molecule has 156 valence electrons. The van der Waals surface area contributed by atoms with Crippen LogP contribution in [0.2, 0.25) is 0 Å². The van der Waals surface area contributed by atoms with Gasteiger partial charge in [0, 0.05) is 18.0 Å². The van der Waals surface area contributed by atoms with Crippen molar-refractivity contribution in [3.63, 3.8) is 0 Å². The molecule has 3 heterocycles. The monoisotopic (exact) mass is 415 g/mol. The lowest BCUT2D eigenvalue weighted by Crippen LogP contribution is -2.20. The first-order chi connectivity index (χ1) is 15.1. The Kier molecular flexibility index (Phi) is 4.71. The van der Waals surface area contributed by atoms with Crippen molar-refractivity contribution < 1.29 is 19.0 Å². The first-order valence-electron chi connectivity index (χ1n) is 9.96. The zero-order valence-corrected chi connectivity index (χ0v) is 17.2. The first-order valence-corrected chi connectivity index (χ1v) is 9.96. The maximum absolute atomic E-state index is 13.1. The van der Waals surface area contributed by atoms with Gasteiger partial charge in [0.05, 0.1) is 24.1 Å². The van der Waals surface area contributed by atoms with Crippen molar-refractivity contribution in [2.24, 2.45) is 0 Å². The van der Waals surface area contributed by atoms with Crippen LogP contribution in [-0.2, 0) is 0 Å². The van der Waals surface area contributed by atoms with Crippen LogP contribution in [0.1, 0.15) is 15.9 Å². The second kappa shape index (κ2) is 7.68. The van der Waals surface area contributed by atoms with Gasteiger partial charge in [0.25, 0.3) is 5.91 Å². The molecular weight excluding hydrogens is 394 g/mol. The second-order valence-corrected chi connectivity index (χ2v) is 7.29. The molecule has 0 spiro atoms. The highest BCUT2D eigenvalue weighted by atomic mass is 16.6. The molecule has 4 aromatic rings. The molecule has 0 saturated carbocycles. The molecule has 1 aliphatic rings. The molecule has 7 heteroatoms. The van der Waals surface area contributed by atoms with E-state index in [0.29, 0.717) is 41.7 Å². The van der Waals surface area contributed by atoms with E-state index in [1.165, 1.54) is 0 Å². The van der Waals surface area contributed by atoms with Crippen molar-refractivity contribution in [3.8, 4) is 28.5 Å². The summed E-state index contributed by atoms with van der Waals surface area (Å²) in [5.41, 5.74) is 4.64. The number of carbonyl (C=O) groups excluding carboxylic acids is 1. The van der Waals surface area contributed by atoms with E-state index in [-0.39, 0.29) is 5.91 Å². The topological polar surface area (TPSA) is 74.1 Å². The number of ether oxygens (including phenoxy) is 3. The van der Waals surface area contributed by atoms with Crippen LogP contribution in [0.3, 0.4) is 0 Å². The van der Waals surface area contributed by atoms with Crippen molar-refractivity contribution in [3.05, 3.63) is 72.1 Å². The molecule has 31 heavy (non-hydrogen) atoms. The fraction of sp³-hybridized carbons (Fsp3) is 0.167. The molecule has 0 fully saturated rings. The molecular formula is C24H21N3O4. The van der Waals surface area contributed by atoms with E-state index in [1.807, 2.05) is 54.0 Å². The average molecular weight is 415 g/mol. The maximum Gasteiger partial charge on any atom is 0.259 e. The number of nitrogens with zero attached hydrogens (tertiary/aromatic N) is 2. The van der Waals surface area contributed by atoms with E-state index < -0.39 is 0 Å². The van der Waals surface area contributed by atoms with Gasteiger partial charge in [0.1, 0.15) is 24.6 Å². The van der Waals surface area contributed by atoms with Crippen LogP contribution in [0.5, 0.6) is 17.2 Å². The van der Waals surface area contributed by atoms with Gasteiger partial charge in [0.15, 0.2) is 11.5 Å². The van der Waals surface area contributed by atoms with Gasteiger partial charge in [-0.25, -0.2) is 4.98 Å². The van der Waals surface area contributed by atoms with Crippen LogP contribution in [0.4, 0.5) is 5.69 Å². The summed E-state index contributed by atoms with van der Waals surface area (Å²) < 4.78 is 18.7. The van der Waals surface area contributed by atoms with Crippen molar-refractivity contribution in [2.75, 3.05) is 25.6 Å². The molecule has 0 saturated heterocycles. The summed E-state index contributed by atoms with van der Waals surface area (Å²) in [6.45, 7) is 2.91. The summed E-state index contributed by atoms with van der Waals surface area (Å²) in [6, 6.07) is 14.9. The quantitative estimate of drug-likeness (QED) is 0.537. The van der Waals surface area contributed by atoms with Crippen LogP contribution in [0.15, 0.2) is 60.9 Å². The number of aromatic nitrogens is 2. The number of para-hydroxylation sites is 1. The van der Waals surface area contributed by atoms with Gasteiger partial charge in [-0.3, -0.25) is 4.79 Å². The van der Waals surface area contributed by atoms with Gasteiger partial charge in [-0.2, -0.15) is 0 Å². The van der Waals surface area contributed by atoms with Crippen LogP contribution in [0.25, 0.3) is 16.9 Å². The molecule has 1 amide bonds. The number of methoxy groups -OCH3 is 1. The summed E-state index contributed by atoms with van der Waals surface area (Å²) in [5, 5.41) is 2.95. The highest BCUT2D eigenvalue weighted by Crippen LogP contribution is 2.35. The molecule has 2 aromatic heterocycles. The normalized spacial score (nSPS) is 12.6. The summed E-state index contributed by atoms with van der Waals surface area (Å²) in [4.78, 5) is 17.8. The lowest BCUT2D eigenvalue weighted by atomic mass is 10.1. The van der Waals surface area contributed by atoms with Gasteiger partial charge in [0.2, 0.25) is 0 Å². The highest BCUT2D eigenvalue weighted by Gasteiger charge is 2.21. The number of aryl methyl sites for hydroxylation is 1. The van der Waals surface area contributed by atoms with E-state index in [9.17, 15) is 4.79 Å². The maximum atomic E-state index is 13.1. The Morgan fingerprint density at radius 2 is 2.00 bits per heavy atom. The smallest absolute Gasteiger partial charge is 0.259 e. The third-order valence-corrected chi connectivity index (χ3v) is 5.17. The number of amides is 1. The van der Waals surface area contributed by atoms with E-state index in [0.717, 1.165) is 22.5 Å². The van der Waals surface area contributed by atoms with Crippen LogP contribution in [-0.4, -0.2) is 35.6 Å². The number of anilines is 1. The van der Waals surface area contributed by atoms with Gasteiger partial charge in [-0.05, 0) is 55.0 Å². The van der Waals surface area contributed by atoms with Gasteiger partial charge < -0.3 is 23.9 Å². The Morgan fingerprint density at radius 3 is 2.87 bits per heavy atom. The second-order valence-electron chi connectivity index (χ2n) is 7.29. The zero-order chi connectivity index (χ0) is 21.4. The van der Waals surface area contributed by atoms with Crippen molar-refractivity contribution in [1.29, 1.82) is 0 Å². The number of rotatable bonds is 4. The van der Waals surface area contributed by atoms with E-state index >= 15 is 0 Å². The average Bonchev–Trinajstić information content (AvgIpc) is 3.22. The minimum Gasteiger partial charge on any atom is -0.495 e. The zero-order valence-electron chi connectivity index (χ0n) is 17.2. The Bertz CT molecular complexity index is 1300. The van der Waals surface area contributed by atoms with Gasteiger partial charge in [-0.1, -0.05) is 6.07 Å². The number of fused-ring (bicyclic) bond motifs is 2. The molecule has 0 atom stereocenters. The Labute approximate surface area is 179 Å². The molecule has 1 N–H and O–H groups in total. The molecule has 0 bridgehead atoms. The van der Waals surface area contributed by atoms with Crippen LogP contribution < -0.4 is 19.5 Å². The number of benzene rings is 2. The molecule has 0 radical (unpaired) electrons.